The van der Waals surface area contributed by atoms with Gasteiger partial charge in [-0.3, -0.25) is 9.79 Å². The molecule has 6 heteroatoms. The van der Waals surface area contributed by atoms with Gasteiger partial charge in [0.15, 0.2) is 5.96 Å². The number of aliphatic imine (C=N–C) groups is 1. The van der Waals surface area contributed by atoms with Gasteiger partial charge in [-0.2, -0.15) is 0 Å². The highest BCUT2D eigenvalue weighted by Crippen LogP contribution is 2.10. The van der Waals surface area contributed by atoms with Crippen LogP contribution in [0, 0.1) is 0 Å². The number of halogens is 1. The van der Waals surface area contributed by atoms with E-state index in [0.29, 0.717) is 24.6 Å². The maximum Gasteiger partial charge on any atom is 0.251 e. The summed E-state index contributed by atoms with van der Waals surface area (Å²) in [5.74, 6) is 0.319. The monoisotopic (exact) mass is 452 g/mol. The largest absolute Gasteiger partial charge is 0.370 e. The Bertz CT molecular complexity index is 689. The average Bonchev–Trinajstić information content (AvgIpc) is 2.62. The van der Waals surface area contributed by atoms with Crippen LogP contribution in [0.5, 0.6) is 0 Å². The van der Waals surface area contributed by atoms with Gasteiger partial charge in [0.1, 0.15) is 0 Å². The van der Waals surface area contributed by atoms with Crippen LogP contribution in [0.15, 0.2) is 59.6 Å². The van der Waals surface area contributed by atoms with Gasteiger partial charge >= 0.3 is 0 Å². The number of aryl methyl sites for hydroxylation is 1. The molecular weight excluding hydrogens is 427 g/mol. The van der Waals surface area contributed by atoms with Crippen molar-refractivity contribution in [3.8, 4) is 0 Å². The molecule has 0 spiro atoms. The van der Waals surface area contributed by atoms with Gasteiger partial charge in [0.25, 0.3) is 5.91 Å². The molecule has 0 aromatic heterocycles. The fourth-order valence-electron chi connectivity index (χ4n) is 2.23. The first-order valence-corrected chi connectivity index (χ1v) is 8.18. The fourth-order valence-corrected chi connectivity index (χ4v) is 2.23. The van der Waals surface area contributed by atoms with E-state index in [1.165, 1.54) is 5.56 Å². The van der Waals surface area contributed by atoms with Crippen LogP contribution in [-0.4, -0.2) is 25.0 Å². The molecule has 0 radical (unpaired) electrons. The van der Waals surface area contributed by atoms with Crippen LogP contribution in [-0.2, 0) is 6.42 Å². The van der Waals surface area contributed by atoms with E-state index in [1.54, 1.807) is 12.1 Å². The first-order valence-electron chi connectivity index (χ1n) is 8.18. The Hall–Kier alpha value is -2.09. The maximum atomic E-state index is 11.9. The zero-order valence-corrected chi connectivity index (χ0v) is 16.7. The van der Waals surface area contributed by atoms with Crippen molar-refractivity contribution < 1.29 is 4.79 Å². The zero-order valence-electron chi connectivity index (χ0n) is 14.4. The number of carbonyl (C=O) groups is 1. The Morgan fingerprint density at radius 2 is 1.88 bits per heavy atom. The molecule has 2 aromatic carbocycles. The van der Waals surface area contributed by atoms with Gasteiger partial charge in [-0.1, -0.05) is 37.3 Å². The summed E-state index contributed by atoms with van der Waals surface area (Å²) in [6.07, 6.45) is 1.71. The predicted octanol–water partition coefficient (Wildman–Crippen LogP) is 3.41. The highest BCUT2D eigenvalue weighted by molar-refractivity contribution is 14.0. The minimum atomic E-state index is -0.0675. The molecular formula is C19H25IN4O. The number of rotatable bonds is 7. The molecule has 0 saturated carbocycles. The summed E-state index contributed by atoms with van der Waals surface area (Å²) in [6.45, 7) is 3.23. The van der Waals surface area contributed by atoms with Crippen molar-refractivity contribution in [3.63, 3.8) is 0 Å². The number of guanidine groups is 1. The molecule has 25 heavy (non-hydrogen) atoms. The van der Waals surface area contributed by atoms with Crippen molar-refractivity contribution >= 4 is 41.5 Å². The predicted molar refractivity (Wildman–Crippen MR) is 115 cm³/mol. The van der Waals surface area contributed by atoms with E-state index in [0.717, 1.165) is 18.5 Å². The minimum Gasteiger partial charge on any atom is -0.370 e. The second-order valence-corrected chi connectivity index (χ2v) is 5.42. The number of hydrogen-bond donors (Lipinski definition) is 3. The summed E-state index contributed by atoms with van der Waals surface area (Å²) in [4.78, 5) is 16.1. The van der Waals surface area contributed by atoms with E-state index in [4.69, 9.17) is 5.73 Å². The van der Waals surface area contributed by atoms with Gasteiger partial charge in [-0.25, -0.2) is 0 Å². The summed E-state index contributed by atoms with van der Waals surface area (Å²) in [6, 6.07) is 17.3. The van der Waals surface area contributed by atoms with Crippen LogP contribution < -0.4 is 16.4 Å². The summed E-state index contributed by atoms with van der Waals surface area (Å²) in [7, 11) is 0. The quantitative estimate of drug-likeness (QED) is 0.261. The topological polar surface area (TPSA) is 79.5 Å². The Labute approximate surface area is 166 Å². The SMILES string of the molecule is CCc1cccc(NC(N)=NCCCNC(=O)c2ccccc2)c1.I. The number of amides is 1. The average molecular weight is 452 g/mol. The fraction of sp³-hybridized carbons (Fsp3) is 0.263. The standard InChI is InChI=1S/C19H24N4O.HI/c1-2-15-8-6-11-17(14-15)23-19(20)22-13-7-12-21-18(24)16-9-4-3-5-10-16;/h3-6,8-11,14H,2,7,12-13H2,1H3,(H,21,24)(H3,20,22,23);1H. The lowest BCUT2D eigenvalue weighted by Gasteiger charge is -2.07. The van der Waals surface area contributed by atoms with Crippen molar-refractivity contribution in [3.05, 3.63) is 65.7 Å². The van der Waals surface area contributed by atoms with Crippen LogP contribution in [0.4, 0.5) is 5.69 Å². The highest BCUT2D eigenvalue weighted by Gasteiger charge is 2.02. The normalized spacial score (nSPS) is 10.7. The minimum absolute atomic E-state index is 0. The molecule has 0 aliphatic heterocycles. The summed E-state index contributed by atoms with van der Waals surface area (Å²) in [5.41, 5.74) is 8.73. The zero-order chi connectivity index (χ0) is 17.2. The lowest BCUT2D eigenvalue weighted by Crippen LogP contribution is -2.26. The molecule has 4 N–H and O–H groups in total. The van der Waals surface area contributed by atoms with E-state index in [-0.39, 0.29) is 29.9 Å². The summed E-state index contributed by atoms with van der Waals surface area (Å²) >= 11 is 0. The smallest absolute Gasteiger partial charge is 0.251 e. The molecule has 0 unspecified atom stereocenters. The van der Waals surface area contributed by atoms with Crippen molar-refractivity contribution in [1.82, 2.24) is 5.32 Å². The number of nitrogens with one attached hydrogen (secondary N) is 2. The molecule has 0 fully saturated rings. The maximum absolute atomic E-state index is 11.9. The molecule has 5 nitrogen and oxygen atoms in total. The van der Waals surface area contributed by atoms with Crippen LogP contribution in [0.1, 0.15) is 29.3 Å². The third-order valence-electron chi connectivity index (χ3n) is 3.55. The van der Waals surface area contributed by atoms with Gasteiger partial charge in [-0.15, -0.1) is 24.0 Å². The number of hydrogen-bond acceptors (Lipinski definition) is 2. The number of carbonyl (C=O) groups excluding carboxylic acids is 1. The van der Waals surface area contributed by atoms with Crippen molar-refractivity contribution in [1.29, 1.82) is 0 Å². The first-order chi connectivity index (χ1) is 11.7. The molecule has 0 heterocycles. The van der Waals surface area contributed by atoms with Crippen LogP contribution in [0.3, 0.4) is 0 Å². The first kappa shape index (κ1) is 21.0. The summed E-state index contributed by atoms with van der Waals surface area (Å²) < 4.78 is 0. The number of nitrogens with two attached hydrogens (primary N) is 1. The van der Waals surface area contributed by atoms with E-state index >= 15 is 0 Å². The van der Waals surface area contributed by atoms with Crippen molar-refractivity contribution in [2.24, 2.45) is 10.7 Å². The van der Waals surface area contributed by atoms with E-state index in [1.807, 2.05) is 30.3 Å². The Morgan fingerprint density at radius 3 is 2.60 bits per heavy atom. The van der Waals surface area contributed by atoms with Crippen molar-refractivity contribution in [2.45, 2.75) is 19.8 Å². The van der Waals surface area contributed by atoms with Gasteiger partial charge in [0.2, 0.25) is 0 Å². The molecule has 0 saturated heterocycles. The lowest BCUT2D eigenvalue weighted by atomic mass is 10.1. The van der Waals surface area contributed by atoms with Gasteiger partial charge in [0, 0.05) is 24.3 Å². The molecule has 2 rings (SSSR count). The molecule has 0 aliphatic rings. The third kappa shape index (κ3) is 7.55. The van der Waals surface area contributed by atoms with Gasteiger partial charge < -0.3 is 16.4 Å². The van der Waals surface area contributed by atoms with Crippen LogP contribution >= 0.6 is 24.0 Å². The van der Waals surface area contributed by atoms with Crippen molar-refractivity contribution in [2.75, 3.05) is 18.4 Å². The molecule has 0 atom stereocenters. The van der Waals surface area contributed by atoms with E-state index < -0.39 is 0 Å². The Balaban J connectivity index is 0.00000312. The van der Waals surface area contributed by atoms with Crippen LogP contribution in [0.25, 0.3) is 0 Å². The van der Waals surface area contributed by atoms with Gasteiger partial charge in [-0.05, 0) is 42.7 Å². The molecule has 0 aliphatic carbocycles. The highest BCUT2D eigenvalue weighted by atomic mass is 127. The number of nitrogens with zero attached hydrogens (tertiary/aromatic N) is 1. The Morgan fingerprint density at radius 1 is 1.12 bits per heavy atom. The van der Waals surface area contributed by atoms with E-state index in [9.17, 15) is 4.79 Å². The van der Waals surface area contributed by atoms with Gasteiger partial charge in [0.05, 0.1) is 0 Å². The lowest BCUT2D eigenvalue weighted by molar-refractivity contribution is 0.0953. The number of benzene rings is 2. The van der Waals surface area contributed by atoms with E-state index in [2.05, 4.69) is 34.7 Å². The Kier molecular flexibility index (Phi) is 9.61. The summed E-state index contributed by atoms with van der Waals surface area (Å²) in [5, 5.41) is 5.95. The second-order valence-electron chi connectivity index (χ2n) is 5.42. The number of anilines is 1. The molecule has 2 aromatic rings. The third-order valence-corrected chi connectivity index (χ3v) is 3.55. The molecule has 134 valence electrons. The second kappa shape index (κ2) is 11.5. The molecule has 1 amide bonds. The molecule has 0 bridgehead atoms. The van der Waals surface area contributed by atoms with Crippen LogP contribution in [0.2, 0.25) is 0 Å².